The van der Waals surface area contributed by atoms with E-state index in [1.54, 1.807) is 0 Å². The molecule has 2 nitrogen and oxygen atoms in total. The van der Waals surface area contributed by atoms with Gasteiger partial charge in [-0.3, -0.25) is 0 Å². The Kier molecular flexibility index (Phi) is 5.19. The Morgan fingerprint density at radius 3 is 2.19 bits per heavy atom. The molecule has 0 aromatic rings. The van der Waals surface area contributed by atoms with Crippen molar-refractivity contribution in [1.29, 1.82) is 0 Å². The zero-order valence-electron chi connectivity index (χ0n) is 22.2. The van der Waals surface area contributed by atoms with E-state index < -0.39 is 0 Å². The van der Waals surface area contributed by atoms with Gasteiger partial charge in [-0.25, -0.2) is 0 Å². The van der Waals surface area contributed by atoms with Gasteiger partial charge in [-0.15, -0.1) is 0 Å². The zero-order chi connectivity index (χ0) is 23.3. The van der Waals surface area contributed by atoms with Crippen LogP contribution in [0.25, 0.3) is 0 Å². The highest BCUT2D eigenvalue weighted by Crippen LogP contribution is 2.76. The summed E-state index contributed by atoms with van der Waals surface area (Å²) in [6.45, 7) is 19.6. The number of aliphatic hydroxyl groups is 1. The van der Waals surface area contributed by atoms with Crippen LogP contribution in [0.2, 0.25) is 0 Å². The number of fused-ring (bicyclic) bond motifs is 7. The van der Waals surface area contributed by atoms with Gasteiger partial charge in [0, 0.05) is 5.54 Å². The summed E-state index contributed by atoms with van der Waals surface area (Å²) in [5.74, 6) is 3.73. The first-order valence-electron chi connectivity index (χ1n) is 13.9. The molecule has 0 aliphatic heterocycles. The standard InChI is InChI=1S/C30H51NO/c1-19(2)20-11-16-30(31-8)18-17-28(6)21(25(20)30)9-10-23-27(5)14-13-24(32)26(3,4)22(27)12-15-29(23,28)7/h20-25,31-32H,1,9-18H2,2-8H3/t20-,21+,22-,23+,24-,25+,27-,28+,29+,30-/m0/s1. The highest BCUT2D eigenvalue weighted by Gasteiger charge is 2.70. The van der Waals surface area contributed by atoms with E-state index in [4.69, 9.17) is 0 Å². The Morgan fingerprint density at radius 2 is 1.53 bits per heavy atom. The molecule has 32 heavy (non-hydrogen) atoms. The van der Waals surface area contributed by atoms with Crippen LogP contribution in [0, 0.1) is 51.2 Å². The van der Waals surface area contributed by atoms with Gasteiger partial charge >= 0.3 is 0 Å². The largest absolute Gasteiger partial charge is 0.393 e. The van der Waals surface area contributed by atoms with E-state index >= 15 is 0 Å². The van der Waals surface area contributed by atoms with Crippen LogP contribution in [0.5, 0.6) is 0 Å². The van der Waals surface area contributed by atoms with E-state index in [9.17, 15) is 5.11 Å². The zero-order valence-corrected chi connectivity index (χ0v) is 22.2. The van der Waals surface area contributed by atoms with Gasteiger partial charge in [-0.2, -0.15) is 0 Å². The minimum atomic E-state index is -0.127. The fourth-order valence-corrected chi connectivity index (χ4v) is 11.6. The molecule has 5 fully saturated rings. The summed E-state index contributed by atoms with van der Waals surface area (Å²) < 4.78 is 0. The Hall–Kier alpha value is -0.340. The maximum absolute atomic E-state index is 10.9. The molecule has 5 aliphatic carbocycles. The van der Waals surface area contributed by atoms with Crippen molar-refractivity contribution in [3.05, 3.63) is 12.2 Å². The van der Waals surface area contributed by atoms with Crippen molar-refractivity contribution in [3.8, 4) is 0 Å². The number of aliphatic hydroxyl groups excluding tert-OH is 1. The highest BCUT2D eigenvalue weighted by atomic mass is 16.3. The summed E-state index contributed by atoms with van der Waals surface area (Å²) in [4.78, 5) is 0. The summed E-state index contributed by atoms with van der Waals surface area (Å²) in [6, 6.07) is 0. The summed E-state index contributed by atoms with van der Waals surface area (Å²) in [7, 11) is 2.24. The summed E-state index contributed by atoms with van der Waals surface area (Å²) >= 11 is 0. The molecule has 5 aliphatic rings. The Labute approximate surface area is 198 Å². The minimum absolute atomic E-state index is 0.0520. The lowest BCUT2D eigenvalue weighted by molar-refractivity contribution is -0.243. The van der Waals surface area contributed by atoms with E-state index in [0.29, 0.717) is 33.6 Å². The molecule has 5 saturated carbocycles. The lowest BCUT2D eigenvalue weighted by Gasteiger charge is -2.73. The second-order valence-corrected chi connectivity index (χ2v) is 14.5. The predicted molar refractivity (Wildman–Crippen MR) is 134 cm³/mol. The van der Waals surface area contributed by atoms with E-state index in [1.165, 1.54) is 63.4 Å². The maximum atomic E-state index is 10.9. The molecule has 0 amide bonds. The van der Waals surface area contributed by atoms with Crippen molar-refractivity contribution in [2.45, 2.75) is 117 Å². The molecule has 0 heterocycles. The summed E-state index contributed by atoms with van der Waals surface area (Å²) in [6.07, 6.45) is 13.0. The third kappa shape index (κ3) is 2.66. The minimum Gasteiger partial charge on any atom is -0.393 e. The molecule has 0 aromatic carbocycles. The van der Waals surface area contributed by atoms with Crippen molar-refractivity contribution in [3.63, 3.8) is 0 Å². The van der Waals surface area contributed by atoms with Crippen LogP contribution in [0.3, 0.4) is 0 Å². The van der Waals surface area contributed by atoms with Crippen molar-refractivity contribution >= 4 is 0 Å². The highest BCUT2D eigenvalue weighted by molar-refractivity contribution is 5.23. The van der Waals surface area contributed by atoms with Gasteiger partial charge in [-0.1, -0.05) is 46.8 Å². The molecule has 10 atom stereocenters. The molecular formula is C30H51NO. The molecule has 0 radical (unpaired) electrons. The van der Waals surface area contributed by atoms with Crippen LogP contribution in [0.4, 0.5) is 0 Å². The Balaban J connectivity index is 1.55. The van der Waals surface area contributed by atoms with Crippen LogP contribution in [0.1, 0.15) is 106 Å². The van der Waals surface area contributed by atoms with E-state index in [0.717, 1.165) is 24.2 Å². The molecule has 0 spiro atoms. The monoisotopic (exact) mass is 441 g/mol. The smallest absolute Gasteiger partial charge is 0.0594 e. The van der Waals surface area contributed by atoms with Gasteiger partial charge in [0.05, 0.1) is 6.10 Å². The fraction of sp³-hybridized carbons (Fsp3) is 0.933. The van der Waals surface area contributed by atoms with Gasteiger partial charge in [0.25, 0.3) is 0 Å². The number of allylic oxidation sites excluding steroid dienone is 1. The average Bonchev–Trinajstić information content (AvgIpc) is 3.12. The fourth-order valence-electron chi connectivity index (χ4n) is 11.6. The predicted octanol–water partition coefficient (Wildman–Crippen LogP) is 6.98. The van der Waals surface area contributed by atoms with Gasteiger partial charge in [0.15, 0.2) is 0 Å². The van der Waals surface area contributed by atoms with Gasteiger partial charge in [-0.05, 0) is 129 Å². The molecule has 2 heteroatoms. The van der Waals surface area contributed by atoms with E-state index in [1.807, 2.05) is 0 Å². The van der Waals surface area contributed by atoms with Crippen molar-refractivity contribution in [2.24, 2.45) is 51.2 Å². The molecule has 182 valence electrons. The van der Waals surface area contributed by atoms with Gasteiger partial charge in [0.2, 0.25) is 0 Å². The van der Waals surface area contributed by atoms with E-state index in [-0.39, 0.29) is 11.5 Å². The number of hydrogen-bond donors (Lipinski definition) is 2. The molecule has 0 aromatic heterocycles. The van der Waals surface area contributed by atoms with Crippen LogP contribution >= 0.6 is 0 Å². The Bertz CT molecular complexity index is 788. The first-order chi connectivity index (χ1) is 14.9. The summed E-state index contributed by atoms with van der Waals surface area (Å²) in [5, 5.41) is 14.8. The van der Waals surface area contributed by atoms with Crippen molar-refractivity contribution < 1.29 is 5.11 Å². The second kappa shape index (κ2) is 7.09. The molecule has 2 N–H and O–H groups in total. The van der Waals surface area contributed by atoms with Gasteiger partial charge in [0.1, 0.15) is 0 Å². The average molecular weight is 442 g/mol. The lowest BCUT2D eigenvalue weighted by Crippen LogP contribution is -2.68. The SMILES string of the molecule is C=C(C)[C@@H]1CC[C@]2(NC)CC[C@]3(C)[C@H](CC[C@@H]4[C@@]5(C)CC[C@H](O)C(C)(C)[C@@H]5CC[C@]43C)[C@@H]12. The van der Waals surface area contributed by atoms with Crippen LogP contribution in [-0.2, 0) is 0 Å². The van der Waals surface area contributed by atoms with Crippen molar-refractivity contribution in [1.82, 2.24) is 5.32 Å². The normalized spacial score (nSPS) is 56.5. The van der Waals surface area contributed by atoms with E-state index in [2.05, 4.69) is 60.5 Å². The molecule has 0 saturated heterocycles. The number of rotatable bonds is 2. The molecule has 0 unspecified atom stereocenters. The lowest BCUT2D eigenvalue weighted by atomic mass is 9.32. The number of hydrogen-bond acceptors (Lipinski definition) is 2. The number of nitrogens with one attached hydrogen (secondary N) is 1. The maximum Gasteiger partial charge on any atom is 0.0594 e. The first kappa shape index (κ1) is 23.4. The second-order valence-electron chi connectivity index (χ2n) is 14.5. The van der Waals surface area contributed by atoms with Crippen LogP contribution in [0.15, 0.2) is 12.2 Å². The van der Waals surface area contributed by atoms with Crippen LogP contribution < -0.4 is 5.32 Å². The topological polar surface area (TPSA) is 32.3 Å². The Morgan fingerprint density at radius 1 is 0.812 bits per heavy atom. The van der Waals surface area contributed by atoms with Crippen molar-refractivity contribution in [2.75, 3.05) is 7.05 Å². The quantitative estimate of drug-likeness (QED) is 0.453. The first-order valence-corrected chi connectivity index (χ1v) is 13.9. The van der Waals surface area contributed by atoms with Crippen LogP contribution in [-0.4, -0.2) is 23.8 Å². The summed E-state index contributed by atoms with van der Waals surface area (Å²) in [5.41, 5.74) is 3.05. The van der Waals surface area contributed by atoms with Gasteiger partial charge < -0.3 is 10.4 Å². The molecule has 5 rings (SSSR count). The third-order valence-electron chi connectivity index (χ3n) is 13.5. The molecular weight excluding hydrogens is 390 g/mol. The molecule has 0 bridgehead atoms. The third-order valence-corrected chi connectivity index (χ3v) is 13.5.